The highest BCUT2D eigenvalue weighted by Gasteiger charge is 2.29. The second-order valence-corrected chi connectivity index (χ2v) is 4.99. The number of hydrogen-bond acceptors (Lipinski definition) is 3. The summed E-state index contributed by atoms with van der Waals surface area (Å²) in [5.74, 6) is 0. The van der Waals surface area contributed by atoms with E-state index in [0.29, 0.717) is 0 Å². The lowest BCUT2D eigenvalue weighted by atomic mass is 9.92. The number of nitrogens with zero attached hydrogens (tertiary/aromatic N) is 1. The zero-order valence-corrected chi connectivity index (χ0v) is 11.4. The largest absolute Gasteiger partial charge is 0.377 e. The Balaban J connectivity index is 2.46. The Labute approximate surface area is 108 Å². The van der Waals surface area contributed by atoms with Gasteiger partial charge in [-0.05, 0) is 38.6 Å². The number of pyridine rings is 1. The molecular weight excluding hydrogens is 224 g/mol. The van der Waals surface area contributed by atoms with E-state index < -0.39 is 0 Å². The molecule has 1 aromatic heterocycles. The fourth-order valence-electron chi connectivity index (χ4n) is 2.28. The fourth-order valence-corrected chi connectivity index (χ4v) is 2.28. The molecule has 0 radical (unpaired) electrons. The number of ether oxygens (including phenoxy) is 1. The zero-order chi connectivity index (χ0) is 13.2. The molecule has 96 valence electrons. The third kappa shape index (κ3) is 2.37. The van der Waals surface area contributed by atoms with E-state index in [0.717, 1.165) is 16.5 Å². The molecule has 0 aliphatic rings. The third-order valence-electron chi connectivity index (χ3n) is 3.45. The van der Waals surface area contributed by atoms with Gasteiger partial charge in [-0.3, -0.25) is 4.98 Å². The Hall–Kier alpha value is -1.45. The number of nitrogens with one attached hydrogen (secondary N) is 1. The van der Waals surface area contributed by atoms with Gasteiger partial charge in [0.25, 0.3) is 0 Å². The Morgan fingerprint density at radius 3 is 2.67 bits per heavy atom. The van der Waals surface area contributed by atoms with Crippen LogP contribution in [0.25, 0.3) is 10.9 Å². The molecule has 0 saturated heterocycles. The molecule has 0 fully saturated rings. The zero-order valence-electron chi connectivity index (χ0n) is 11.4. The molecule has 0 aliphatic carbocycles. The van der Waals surface area contributed by atoms with E-state index in [9.17, 15) is 0 Å². The van der Waals surface area contributed by atoms with Crippen LogP contribution >= 0.6 is 0 Å². The molecule has 3 nitrogen and oxygen atoms in total. The van der Waals surface area contributed by atoms with Gasteiger partial charge in [-0.25, -0.2) is 0 Å². The minimum absolute atomic E-state index is 0.111. The standard InChI is InChI=1S/C15H20N2O/c1-15(2,18-4)14(16-3)12-9-11-7-5-6-8-13(11)17-10-12/h5-10,14,16H,1-4H3. The van der Waals surface area contributed by atoms with E-state index in [1.54, 1.807) is 7.11 Å². The number of rotatable bonds is 4. The van der Waals surface area contributed by atoms with E-state index in [1.165, 1.54) is 0 Å². The molecule has 1 heterocycles. The number of para-hydroxylation sites is 1. The topological polar surface area (TPSA) is 34.2 Å². The van der Waals surface area contributed by atoms with E-state index >= 15 is 0 Å². The van der Waals surface area contributed by atoms with Crippen molar-refractivity contribution in [3.05, 3.63) is 42.1 Å². The molecule has 0 saturated carbocycles. The van der Waals surface area contributed by atoms with Gasteiger partial charge in [0.05, 0.1) is 17.2 Å². The van der Waals surface area contributed by atoms with Crippen LogP contribution in [0.3, 0.4) is 0 Å². The van der Waals surface area contributed by atoms with Crippen LogP contribution in [-0.2, 0) is 4.74 Å². The summed E-state index contributed by atoms with van der Waals surface area (Å²) in [6.07, 6.45) is 1.92. The summed E-state index contributed by atoms with van der Waals surface area (Å²) in [4.78, 5) is 4.50. The first-order valence-electron chi connectivity index (χ1n) is 6.15. The van der Waals surface area contributed by atoms with Gasteiger partial charge < -0.3 is 10.1 Å². The molecule has 3 heteroatoms. The highest BCUT2D eigenvalue weighted by Crippen LogP contribution is 2.29. The monoisotopic (exact) mass is 244 g/mol. The van der Waals surface area contributed by atoms with E-state index in [2.05, 4.69) is 36.3 Å². The number of methoxy groups -OCH3 is 1. The Kier molecular flexibility index (Phi) is 3.64. The quantitative estimate of drug-likeness (QED) is 0.898. The van der Waals surface area contributed by atoms with Gasteiger partial charge in [-0.1, -0.05) is 18.2 Å². The number of likely N-dealkylation sites (N-methyl/N-ethyl adjacent to an activating group) is 1. The average molecular weight is 244 g/mol. The van der Waals surface area contributed by atoms with Crippen molar-refractivity contribution in [2.24, 2.45) is 0 Å². The summed E-state index contributed by atoms with van der Waals surface area (Å²) < 4.78 is 5.57. The average Bonchev–Trinajstić information content (AvgIpc) is 2.39. The van der Waals surface area contributed by atoms with Crippen molar-refractivity contribution >= 4 is 10.9 Å². The fraction of sp³-hybridized carbons (Fsp3) is 0.400. The predicted molar refractivity (Wildman–Crippen MR) is 74.6 cm³/mol. The highest BCUT2D eigenvalue weighted by atomic mass is 16.5. The van der Waals surface area contributed by atoms with Crippen LogP contribution in [0.2, 0.25) is 0 Å². The minimum atomic E-state index is -0.279. The van der Waals surface area contributed by atoms with Crippen LogP contribution < -0.4 is 5.32 Å². The molecular formula is C15H20N2O. The summed E-state index contributed by atoms with van der Waals surface area (Å²) in [5, 5.41) is 4.46. The van der Waals surface area contributed by atoms with Gasteiger partial charge in [-0.2, -0.15) is 0 Å². The first-order chi connectivity index (χ1) is 8.58. The van der Waals surface area contributed by atoms with Crippen LogP contribution in [0.15, 0.2) is 36.5 Å². The van der Waals surface area contributed by atoms with Crippen molar-refractivity contribution in [2.45, 2.75) is 25.5 Å². The van der Waals surface area contributed by atoms with Gasteiger partial charge in [0, 0.05) is 18.7 Å². The maximum atomic E-state index is 5.57. The van der Waals surface area contributed by atoms with Gasteiger partial charge >= 0.3 is 0 Å². The molecule has 1 unspecified atom stereocenters. The number of benzene rings is 1. The summed E-state index contributed by atoms with van der Waals surface area (Å²) >= 11 is 0. The second-order valence-electron chi connectivity index (χ2n) is 4.99. The van der Waals surface area contributed by atoms with Crippen LogP contribution in [0.1, 0.15) is 25.5 Å². The van der Waals surface area contributed by atoms with Crippen molar-refractivity contribution in [1.82, 2.24) is 10.3 Å². The molecule has 0 bridgehead atoms. The first-order valence-corrected chi connectivity index (χ1v) is 6.15. The van der Waals surface area contributed by atoms with Gasteiger partial charge in [0.2, 0.25) is 0 Å². The van der Waals surface area contributed by atoms with E-state index in [4.69, 9.17) is 4.74 Å². The molecule has 1 atom stereocenters. The van der Waals surface area contributed by atoms with Crippen LogP contribution in [0.4, 0.5) is 0 Å². The molecule has 1 aromatic carbocycles. The maximum Gasteiger partial charge on any atom is 0.0817 e. The van der Waals surface area contributed by atoms with Crippen molar-refractivity contribution in [3.63, 3.8) is 0 Å². The number of fused-ring (bicyclic) bond motifs is 1. The molecule has 1 N–H and O–H groups in total. The lowest BCUT2D eigenvalue weighted by Gasteiger charge is -2.33. The molecule has 18 heavy (non-hydrogen) atoms. The smallest absolute Gasteiger partial charge is 0.0817 e. The summed E-state index contributed by atoms with van der Waals surface area (Å²) in [6.45, 7) is 4.15. The van der Waals surface area contributed by atoms with Crippen LogP contribution in [0.5, 0.6) is 0 Å². The maximum absolute atomic E-state index is 5.57. The van der Waals surface area contributed by atoms with E-state index in [-0.39, 0.29) is 11.6 Å². The van der Waals surface area contributed by atoms with Gasteiger partial charge in [0.1, 0.15) is 0 Å². The first kappa shape index (κ1) is 13.0. The van der Waals surface area contributed by atoms with Crippen molar-refractivity contribution in [3.8, 4) is 0 Å². The molecule has 0 amide bonds. The lowest BCUT2D eigenvalue weighted by molar-refractivity contribution is -0.00903. The Bertz CT molecular complexity index is 537. The van der Waals surface area contributed by atoms with Crippen LogP contribution in [-0.4, -0.2) is 24.7 Å². The Morgan fingerprint density at radius 2 is 2.00 bits per heavy atom. The van der Waals surface area contributed by atoms with Gasteiger partial charge in [-0.15, -0.1) is 0 Å². The molecule has 0 spiro atoms. The number of hydrogen-bond donors (Lipinski definition) is 1. The Morgan fingerprint density at radius 1 is 1.28 bits per heavy atom. The highest BCUT2D eigenvalue weighted by molar-refractivity contribution is 5.78. The third-order valence-corrected chi connectivity index (χ3v) is 3.45. The summed E-state index contributed by atoms with van der Waals surface area (Å²) in [6, 6.07) is 10.4. The molecule has 2 rings (SSSR count). The minimum Gasteiger partial charge on any atom is -0.377 e. The second kappa shape index (κ2) is 5.04. The van der Waals surface area contributed by atoms with Gasteiger partial charge in [0.15, 0.2) is 0 Å². The normalized spacial score (nSPS) is 13.8. The summed E-state index contributed by atoms with van der Waals surface area (Å²) in [5.41, 5.74) is 1.88. The lowest BCUT2D eigenvalue weighted by Crippen LogP contribution is -2.39. The predicted octanol–water partition coefficient (Wildman–Crippen LogP) is 2.92. The molecule has 0 aliphatic heterocycles. The van der Waals surface area contributed by atoms with Crippen molar-refractivity contribution in [2.75, 3.05) is 14.2 Å². The van der Waals surface area contributed by atoms with Crippen molar-refractivity contribution < 1.29 is 4.74 Å². The SMILES string of the molecule is CNC(c1cnc2ccccc2c1)C(C)(C)OC. The van der Waals surface area contributed by atoms with E-state index in [1.807, 2.05) is 31.4 Å². The summed E-state index contributed by atoms with van der Waals surface area (Å²) in [7, 11) is 3.68. The molecule has 2 aromatic rings. The van der Waals surface area contributed by atoms with Crippen LogP contribution in [0, 0.1) is 0 Å². The number of aromatic nitrogens is 1. The van der Waals surface area contributed by atoms with Crippen molar-refractivity contribution in [1.29, 1.82) is 0 Å².